The van der Waals surface area contributed by atoms with E-state index >= 15 is 13.2 Å². The van der Waals surface area contributed by atoms with Gasteiger partial charge in [-0.2, -0.15) is 0 Å². The minimum Gasteiger partial charge on any atom is -0.457 e. The molecular formula is C98H127Cl2F3O24. The number of allylic oxidation sites excluding steroid dienone is 16. The zero-order valence-corrected chi connectivity index (χ0v) is 76.9. The average molecular weight is 1820 g/mol. The van der Waals surface area contributed by atoms with Crippen molar-refractivity contribution in [1.29, 1.82) is 0 Å². The highest BCUT2D eigenvalue weighted by Crippen LogP contribution is 2.78. The Kier molecular flexibility index (Phi) is 24.5. The largest absolute Gasteiger partial charge is 0.457 e. The predicted molar refractivity (Wildman–Crippen MR) is 456 cm³/mol. The second-order valence-corrected chi connectivity index (χ2v) is 43.1. The van der Waals surface area contributed by atoms with Gasteiger partial charge in [-0.05, 0) is 216 Å². The number of aliphatic hydroxyl groups excluding tert-OH is 7. The van der Waals surface area contributed by atoms with Crippen LogP contribution in [0.15, 0.2) is 95.2 Å². The zero-order valence-electron chi connectivity index (χ0n) is 75.4. The SMILES string of the molecule is CC1(C)O[C@@H]2C[C@H]3[C@@H]4CCC5=CC(=O)C=C[C@]5(C)[C@@]4(F)[C@@H](O)C[C@]3(C)[C@]2(C(=O)CO)O1.CCC(=O)OCC(=O)[C@@]1(OC(=O)CC)[C@@H](C)C[C@H]2[C@@H]3CCC4=CC(=O)C=C[C@]4(C)[C@@]3(Cl)[C@@H](O)C[C@@]21C.CCC(=O)O[C@]1(C(=O)CCl)[C@@H](C)C[C@H]2[C@@H]3CCC4=CC(=O)C=C[C@]4(C)[C@@]3(F)[C@@H](O)C[C@@]21C.C[C@]12C=CC(=O)C=C1CC[C@H]1[C@@H]3C[C@@H](O)[C@](O)(C(=O)CO)[C@@]3(C)C[C@H](O)[C@@]12F. The molecule has 0 aromatic rings. The van der Waals surface area contributed by atoms with Crippen molar-refractivity contribution in [1.82, 2.24) is 0 Å². The van der Waals surface area contributed by atoms with Gasteiger partial charge in [0.05, 0.1) is 47.4 Å². The number of aliphatic hydroxyl groups is 8. The number of ether oxygens (including phenoxy) is 5. The molecule has 0 aromatic heterocycles. The van der Waals surface area contributed by atoms with E-state index in [9.17, 15) is 93.6 Å². The standard InChI is InChI=1S/C28H37ClO7.C25H32ClFO5.C24H31FO6.C21H27FO6/c1-6-23(33)35-15-22(32)28(36-24(34)7-2)16(3)12-20-19-9-8-17-13-18(30)10-11-25(17,4)27(19,29)21(31)14-26(20,28)5;1-5-21(31)32-25(20(30)13-26)14(2)10-18-17-7-6-15-11-16(28)8-9-22(15,3)24(17,27)19(29)12-23(18,25)4;1-20(2)30-19-10-16-15-6-5-13-9-14(27)7-8-21(13,3)23(15,25)17(28)11-22(16,4)24(19,31-20)18(29)12-26;1-18-6-5-12(24)7-11(18)3-4-13-14-8-15(25)21(28,17(27)10-23)19(14,2)9-16(26)20(13,18)22/h10-11,13,16,19-21,31H,6-9,12,14-15H2,1-5H3;8-9,11,14,17-19,29H,5-7,10,12-13H2,1-4H3;7-9,15-17,19,26,28H,5-6,10-12H2,1-4H3;5-7,13-16,23,25-26,28H,3-4,8-10H2,1-2H3/t16-,19-,20-,21-,25-,26-,27-,28-;14-,17-,18-,19-,22-,23-,24-,25-;15-,16-,17-,19+,21-,22-,23-,24+;13-,14-,15+,16-,18-,19-,20-,21-/m0000/s1. The van der Waals surface area contributed by atoms with Gasteiger partial charge >= 0.3 is 17.9 Å². The summed E-state index contributed by atoms with van der Waals surface area (Å²) in [6.07, 6.45) is 16.8. The highest BCUT2D eigenvalue weighted by molar-refractivity contribution is 6.29. The summed E-state index contributed by atoms with van der Waals surface area (Å²) in [5.41, 5.74) is -17.9. The van der Waals surface area contributed by atoms with Crippen LogP contribution in [0, 0.1) is 102 Å². The van der Waals surface area contributed by atoms with Crippen LogP contribution in [0.25, 0.3) is 0 Å². The van der Waals surface area contributed by atoms with Crippen molar-refractivity contribution >= 4 is 87.4 Å². The lowest BCUT2D eigenvalue weighted by Gasteiger charge is -2.64. The lowest BCUT2D eigenvalue weighted by molar-refractivity contribution is -0.246. The molecule has 0 bridgehead atoms. The molecule has 0 spiro atoms. The monoisotopic (exact) mass is 1810 g/mol. The Hall–Kier alpha value is -6.34. The summed E-state index contributed by atoms with van der Waals surface area (Å²) >= 11 is 13.5. The highest BCUT2D eigenvalue weighted by Gasteiger charge is 2.84. The number of alkyl halides is 5. The van der Waals surface area contributed by atoms with Crippen molar-refractivity contribution in [2.75, 3.05) is 25.7 Å². The Morgan fingerprint density at radius 1 is 0.441 bits per heavy atom. The first-order valence-electron chi connectivity index (χ1n) is 45.6. The van der Waals surface area contributed by atoms with Gasteiger partial charge in [-0.1, -0.05) is 116 Å². The molecule has 8 N–H and O–H groups in total. The Balaban J connectivity index is 0.000000138. The number of esters is 3. The van der Waals surface area contributed by atoms with Crippen LogP contribution in [0.4, 0.5) is 13.2 Å². The quantitative estimate of drug-likeness (QED) is 0.0455. The number of Topliss-reactive ketones (excluding diaryl/α,β-unsaturated/α-hetero) is 4. The van der Waals surface area contributed by atoms with Gasteiger partial charge in [-0.15, -0.1) is 23.2 Å². The summed E-state index contributed by atoms with van der Waals surface area (Å²) in [6, 6.07) is 0. The molecular weight excluding hydrogens is 1690 g/mol. The van der Waals surface area contributed by atoms with Crippen molar-refractivity contribution in [2.24, 2.45) is 102 Å². The molecule has 1 saturated heterocycles. The number of halogens is 5. The molecule has 24 nitrogen and oxygen atoms in total. The molecule has 29 heteroatoms. The van der Waals surface area contributed by atoms with E-state index in [0.717, 1.165) is 11.1 Å². The van der Waals surface area contributed by atoms with Crippen LogP contribution in [0.5, 0.6) is 0 Å². The molecule has 17 aliphatic rings. The first-order chi connectivity index (χ1) is 59.0. The zero-order chi connectivity index (χ0) is 93.7. The smallest absolute Gasteiger partial charge is 0.306 e. The first kappa shape index (κ1) is 96.7. The topological polar surface area (TPSA) is 396 Å². The molecule has 12 saturated carbocycles. The number of rotatable bonds is 14. The van der Waals surface area contributed by atoms with Crippen LogP contribution in [0.1, 0.15) is 226 Å². The molecule has 32 atom stereocenters. The van der Waals surface area contributed by atoms with E-state index in [-0.39, 0.29) is 122 Å². The number of fused-ring (bicyclic) bond motifs is 22. The molecule has 0 radical (unpaired) electrons. The number of carbonyl (C=O) groups is 11. The summed E-state index contributed by atoms with van der Waals surface area (Å²) in [5, 5.41) is 86.5. The fourth-order valence-electron chi connectivity index (χ4n) is 30.5. The van der Waals surface area contributed by atoms with E-state index in [4.69, 9.17) is 46.9 Å². The lowest BCUT2D eigenvalue weighted by Crippen LogP contribution is -2.70. The third-order valence-corrected chi connectivity index (χ3v) is 37.9. The van der Waals surface area contributed by atoms with Gasteiger partial charge < -0.3 is 64.5 Å². The summed E-state index contributed by atoms with van der Waals surface area (Å²) < 4.78 is 80.7. The van der Waals surface area contributed by atoms with E-state index in [1.807, 2.05) is 47.6 Å². The Morgan fingerprint density at radius 3 is 1.19 bits per heavy atom. The third-order valence-electron chi connectivity index (χ3n) is 36.7. The number of carbonyl (C=O) groups excluding carboxylic acids is 11. The number of hydrogen-bond donors (Lipinski definition) is 8. The minimum atomic E-state index is -2.23. The van der Waals surface area contributed by atoms with E-state index in [0.29, 0.717) is 81.8 Å². The van der Waals surface area contributed by atoms with Crippen LogP contribution in [-0.2, 0) is 76.4 Å². The Labute approximate surface area is 749 Å². The molecule has 0 unspecified atom stereocenters. The van der Waals surface area contributed by atoms with Gasteiger partial charge in [-0.25, -0.2) is 13.2 Å². The van der Waals surface area contributed by atoms with Gasteiger partial charge in [0.15, 0.2) is 92.3 Å². The average Bonchev–Trinajstić information content (AvgIpc) is 1.55. The van der Waals surface area contributed by atoms with E-state index in [2.05, 4.69) is 0 Å². The lowest BCUT2D eigenvalue weighted by atomic mass is 9.44. The first-order valence-corrected chi connectivity index (χ1v) is 46.5. The molecule has 1 aliphatic heterocycles. The van der Waals surface area contributed by atoms with Crippen LogP contribution in [0.2, 0.25) is 0 Å². The van der Waals surface area contributed by atoms with Crippen LogP contribution in [0.3, 0.4) is 0 Å². The molecule has 127 heavy (non-hydrogen) atoms. The van der Waals surface area contributed by atoms with Crippen molar-refractivity contribution < 1.29 is 130 Å². The van der Waals surface area contributed by atoms with Crippen LogP contribution < -0.4 is 0 Å². The van der Waals surface area contributed by atoms with E-state index < -0.39 is 209 Å². The highest BCUT2D eigenvalue weighted by atomic mass is 35.5. The fourth-order valence-corrected chi connectivity index (χ4v) is 31.3. The van der Waals surface area contributed by atoms with E-state index in [1.165, 1.54) is 48.6 Å². The maximum absolute atomic E-state index is 17.2. The summed E-state index contributed by atoms with van der Waals surface area (Å²) in [6.45, 7) is 24.5. The summed E-state index contributed by atoms with van der Waals surface area (Å²) in [5.74, 6) is -9.64. The van der Waals surface area contributed by atoms with Crippen molar-refractivity contribution in [2.45, 2.75) is 313 Å². The van der Waals surface area contributed by atoms with Crippen molar-refractivity contribution in [3.63, 3.8) is 0 Å². The number of hydrogen-bond acceptors (Lipinski definition) is 24. The molecule has 16 aliphatic carbocycles. The van der Waals surface area contributed by atoms with Gasteiger partial charge in [0.2, 0.25) is 5.78 Å². The van der Waals surface area contributed by atoms with Gasteiger partial charge in [0.25, 0.3) is 0 Å². The summed E-state index contributed by atoms with van der Waals surface area (Å²) in [7, 11) is 0. The summed E-state index contributed by atoms with van der Waals surface area (Å²) in [4.78, 5) is 136. The maximum atomic E-state index is 17.2. The Morgan fingerprint density at radius 2 is 0.787 bits per heavy atom. The Bertz CT molecular complexity index is 4890. The van der Waals surface area contributed by atoms with Gasteiger partial charge in [-0.3, -0.25) is 52.7 Å². The number of ketones is 8. The normalized spacial score (nSPS) is 48.4. The fraction of sp³-hybridized carbons (Fsp3) is 0.724. The van der Waals surface area contributed by atoms with Gasteiger partial charge in [0, 0.05) is 92.2 Å². The third kappa shape index (κ3) is 12.8. The molecule has 13 fully saturated rings. The van der Waals surface area contributed by atoms with Crippen LogP contribution in [-0.4, -0.2) is 217 Å². The van der Waals surface area contributed by atoms with Crippen LogP contribution >= 0.6 is 23.2 Å². The van der Waals surface area contributed by atoms with E-state index in [1.54, 1.807) is 80.5 Å². The molecule has 1 heterocycles. The van der Waals surface area contributed by atoms with Gasteiger partial charge in [0.1, 0.15) is 13.2 Å². The second-order valence-electron chi connectivity index (χ2n) is 42.2. The van der Waals surface area contributed by atoms with Crippen molar-refractivity contribution in [3.8, 4) is 0 Å². The molecule has 0 aromatic carbocycles. The second kappa shape index (κ2) is 32.2. The molecule has 0 amide bonds. The van der Waals surface area contributed by atoms with Crippen molar-refractivity contribution in [3.05, 3.63) is 95.2 Å². The predicted octanol–water partition coefficient (Wildman–Crippen LogP) is 11.2. The molecule has 17 rings (SSSR count). The molecule has 698 valence electrons. The minimum absolute atomic E-state index is 0.0109. The maximum Gasteiger partial charge on any atom is 0.306 e.